The molecule has 0 fully saturated rings. The number of pyridine rings is 1. The predicted molar refractivity (Wildman–Crippen MR) is 87.9 cm³/mol. The Bertz CT molecular complexity index is 582. The standard InChI is InChI=1S/C14H13Br2ClN2/c1-8-5-6-18-14(17)13(8)19-9(2)11-4-3-10(15)7-12(11)16/h3-7,9,19H,1-2H3. The van der Waals surface area contributed by atoms with Crippen molar-refractivity contribution >= 4 is 49.1 Å². The fourth-order valence-corrected chi connectivity index (χ4v) is 3.50. The van der Waals surface area contributed by atoms with Gasteiger partial charge in [-0.25, -0.2) is 4.98 Å². The van der Waals surface area contributed by atoms with E-state index in [-0.39, 0.29) is 6.04 Å². The van der Waals surface area contributed by atoms with Gasteiger partial charge in [-0.3, -0.25) is 0 Å². The summed E-state index contributed by atoms with van der Waals surface area (Å²) in [6.45, 7) is 4.11. The van der Waals surface area contributed by atoms with Crippen LogP contribution < -0.4 is 5.32 Å². The molecule has 1 aromatic carbocycles. The highest BCUT2D eigenvalue weighted by Crippen LogP contribution is 2.31. The average Bonchev–Trinajstić information content (AvgIpc) is 2.33. The summed E-state index contributed by atoms with van der Waals surface area (Å²) in [4.78, 5) is 4.11. The van der Waals surface area contributed by atoms with Crippen LogP contribution in [0.2, 0.25) is 5.15 Å². The fourth-order valence-electron chi connectivity index (χ4n) is 1.85. The summed E-state index contributed by atoms with van der Waals surface area (Å²) < 4.78 is 2.10. The first-order valence-electron chi connectivity index (χ1n) is 5.81. The lowest BCUT2D eigenvalue weighted by Gasteiger charge is -2.19. The van der Waals surface area contributed by atoms with Crippen LogP contribution in [0.25, 0.3) is 0 Å². The Morgan fingerprint density at radius 3 is 2.63 bits per heavy atom. The molecule has 100 valence electrons. The van der Waals surface area contributed by atoms with Crippen molar-refractivity contribution in [1.82, 2.24) is 4.98 Å². The Kier molecular flexibility index (Phi) is 4.87. The van der Waals surface area contributed by atoms with Crippen LogP contribution in [0.3, 0.4) is 0 Å². The summed E-state index contributed by atoms with van der Waals surface area (Å²) >= 11 is 13.2. The molecule has 0 aliphatic carbocycles. The molecule has 5 heteroatoms. The van der Waals surface area contributed by atoms with Gasteiger partial charge >= 0.3 is 0 Å². The van der Waals surface area contributed by atoms with Crippen molar-refractivity contribution in [2.45, 2.75) is 19.9 Å². The lowest BCUT2D eigenvalue weighted by atomic mass is 10.1. The summed E-state index contributed by atoms with van der Waals surface area (Å²) in [5.41, 5.74) is 3.13. The number of halogens is 3. The first-order chi connectivity index (χ1) is 8.99. The summed E-state index contributed by atoms with van der Waals surface area (Å²) in [6, 6.07) is 8.20. The van der Waals surface area contributed by atoms with Crippen molar-refractivity contribution < 1.29 is 0 Å². The second-order valence-corrected chi connectivity index (χ2v) is 6.45. The van der Waals surface area contributed by atoms with E-state index in [2.05, 4.69) is 55.2 Å². The predicted octanol–water partition coefficient (Wildman–Crippen LogP) is 5.74. The van der Waals surface area contributed by atoms with Crippen LogP contribution in [0.5, 0.6) is 0 Å². The lowest BCUT2D eigenvalue weighted by molar-refractivity contribution is 0.874. The number of rotatable bonds is 3. The average molecular weight is 405 g/mol. The molecule has 2 rings (SSSR count). The molecule has 0 amide bonds. The maximum atomic E-state index is 6.13. The molecular weight excluding hydrogens is 391 g/mol. The SMILES string of the molecule is Cc1ccnc(Cl)c1NC(C)c1ccc(Br)cc1Br. The first kappa shape index (κ1) is 14.8. The van der Waals surface area contributed by atoms with Gasteiger partial charge in [0.15, 0.2) is 5.15 Å². The van der Waals surface area contributed by atoms with Crippen LogP contribution in [0.15, 0.2) is 39.4 Å². The van der Waals surface area contributed by atoms with Crippen molar-refractivity contribution in [2.75, 3.05) is 5.32 Å². The second-order valence-electron chi connectivity index (χ2n) is 4.33. The van der Waals surface area contributed by atoms with Gasteiger partial charge in [-0.05, 0) is 43.2 Å². The molecule has 1 atom stereocenters. The van der Waals surface area contributed by atoms with Crippen molar-refractivity contribution in [1.29, 1.82) is 0 Å². The van der Waals surface area contributed by atoms with E-state index in [0.29, 0.717) is 5.15 Å². The summed E-state index contributed by atoms with van der Waals surface area (Å²) in [7, 11) is 0. The Hall–Kier alpha value is -0.580. The number of anilines is 1. The van der Waals surface area contributed by atoms with E-state index in [9.17, 15) is 0 Å². The van der Waals surface area contributed by atoms with Crippen LogP contribution in [0, 0.1) is 6.92 Å². The van der Waals surface area contributed by atoms with E-state index in [0.717, 1.165) is 20.2 Å². The second kappa shape index (κ2) is 6.25. The van der Waals surface area contributed by atoms with Gasteiger partial charge in [-0.2, -0.15) is 0 Å². The van der Waals surface area contributed by atoms with E-state index in [4.69, 9.17) is 11.6 Å². The smallest absolute Gasteiger partial charge is 0.152 e. The largest absolute Gasteiger partial charge is 0.376 e. The maximum Gasteiger partial charge on any atom is 0.152 e. The van der Waals surface area contributed by atoms with Gasteiger partial charge in [-0.15, -0.1) is 0 Å². The van der Waals surface area contributed by atoms with Crippen molar-refractivity contribution in [3.05, 3.63) is 55.7 Å². The molecule has 0 saturated heterocycles. The molecule has 0 radical (unpaired) electrons. The van der Waals surface area contributed by atoms with E-state index in [1.165, 1.54) is 5.56 Å². The third-order valence-electron chi connectivity index (χ3n) is 2.90. The topological polar surface area (TPSA) is 24.9 Å². The van der Waals surface area contributed by atoms with Crippen LogP contribution in [0.1, 0.15) is 24.1 Å². The zero-order valence-electron chi connectivity index (χ0n) is 10.5. The Labute approximate surface area is 134 Å². The Morgan fingerprint density at radius 1 is 1.26 bits per heavy atom. The van der Waals surface area contributed by atoms with Crippen molar-refractivity contribution in [3.63, 3.8) is 0 Å². The van der Waals surface area contributed by atoms with Gasteiger partial charge in [0.25, 0.3) is 0 Å². The maximum absolute atomic E-state index is 6.13. The third-order valence-corrected chi connectivity index (χ3v) is 4.37. The number of hydrogen-bond donors (Lipinski definition) is 1. The summed E-state index contributed by atoms with van der Waals surface area (Å²) in [5, 5.41) is 3.92. The molecule has 0 bridgehead atoms. The number of aromatic nitrogens is 1. The highest BCUT2D eigenvalue weighted by molar-refractivity contribution is 9.11. The number of nitrogens with zero attached hydrogens (tertiary/aromatic N) is 1. The van der Waals surface area contributed by atoms with Crippen molar-refractivity contribution in [2.24, 2.45) is 0 Å². The van der Waals surface area contributed by atoms with Gasteiger partial charge in [0.1, 0.15) is 0 Å². The van der Waals surface area contributed by atoms with Crippen LogP contribution in [-0.4, -0.2) is 4.98 Å². The molecule has 1 heterocycles. The number of aryl methyl sites for hydroxylation is 1. The zero-order chi connectivity index (χ0) is 14.0. The molecule has 0 spiro atoms. The van der Waals surface area contributed by atoms with Gasteiger partial charge in [0.2, 0.25) is 0 Å². The third kappa shape index (κ3) is 3.50. The lowest BCUT2D eigenvalue weighted by Crippen LogP contribution is -2.09. The molecule has 2 nitrogen and oxygen atoms in total. The molecule has 2 aromatic rings. The van der Waals surface area contributed by atoms with E-state index >= 15 is 0 Å². The zero-order valence-corrected chi connectivity index (χ0v) is 14.5. The van der Waals surface area contributed by atoms with Gasteiger partial charge in [0.05, 0.1) is 5.69 Å². The minimum atomic E-state index is 0.128. The molecule has 19 heavy (non-hydrogen) atoms. The number of hydrogen-bond acceptors (Lipinski definition) is 2. The molecular formula is C14H13Br2ClN2. The van der Waals surface area contributed by atoms with Gasteiger partial charge in [0, 0.05) is 21.2 Å². The van der Waals surface area contributed by atoms with E-state index < -0.39 is 0 Å². The minimum absolute atomic E-state index is 0.128. The monoisotopic (exact) mass is 402 g/mol. The molecule has 0 saturated carbocycles. The molecule has 0 aliphatic rings. The molecule has 1 unspecified atom stereocenters. The van der Waals surface area contributed by atoms with Crippen LogP contribution in [0.4, 0.5) is 5.69 Å². The van der Waals surface area contributed by atoms with Crippen LogP contribution >= 0.6 is 43.5 Å². The highest BCUT2D eigenvalue weighted by Gasteiger charge is 2.13. The summed E-state index contributed by atoms with van der Waals surface area (Å²) in [5.74, 6) is 0. The fraction of sp³-hybridized carbons (Fsp3) is 0.214. The van der Waals surface area contributed by atoms with E-state index in [1.807, 2.05) is 25.1 Å². The van der Waals surface area contributed by atoms with Crippen LogP contribution in [-0.2, 0) is 0 Å². The number of benzene rings is 1. The normalized spacial score (nSPS) is 12.3. The molecule has 1 N–H and O–H groups in total. The number of nitrogens with one attached hydrogen (secondary N) is 1. The minimum Gasteiger partial charge on any atom is -0.376 e. The summed E-state index contributed by atoms with van der Waals surface area (Å²) in [6.07, 6.45) is 1.71. The van der Waals surface area contributed by atoms with Gasteiger partial charge in [-0.1, -0.05) is 49.5 Å². The first-order valence-corrected chi connectivity index (χ1v) is 7.78. The van der Waals surface area contributed by atoms with Crippen molar-refractivity contribution in [3.8, 4) is 0 Å². The Balaban J connectivity index is 2.28. The quantitative estimate of drug-likeness (QED) is 0.660. The van der Waals surface area contributed by atoms with E-state index in [1.54, 1.807) is 6.20 Å². The Morgan fingerprint density at radius 2 is 2.00 bits per heavy atom. The molecule has 1 aromatic heterocycles. The van der Waals surface area contributed by atoms with Gasteiger partial charge < -0.3 is 5.32 Å². The highest BCUT2D eigenvalue weighted by atomic mass is 79.9. The molecule has 0 aliphatic heterocycles.